The lowest BCUT2D eigenvalue weighted by Crippen LogP contribution is -2.36. The highest BCUT2D eigenvalue weighted by atomic mass is 32.2. The lowest BCUT2D eigenvalue weighted by Gasteiger charge is -2.27. The normalized spacial score (nSPS) is 19.3. The van der Waals surface area contributed by atoms with Crippen LogP contribution in [0.4, 0.5) is 0 Å². The molecule has 6 heteroatoms. The minimum atomic E-state index is -3.64. The minimum absolute atomic E-state index is 0.0878. The number of sulfonamides is 1. The van der Waals surface area contributed by atoms with Gasteiger partial charge in [0, 0.05) is 25.3 Å². The van der Waals surface area contributed by atoms with Gasteiger partial charge in [-0.25, -0.2) is 13.6 Å². The van der Waals surface area contributed by atoms with E-state index in [9.17, 15) is 8.42 Å². The Morgan fingerprint density at radius 3 is 2.68 bits per heavy atom. The third-order valence-corrected chi connectivity index (χ3v) is 4.30. The molecule has 0 bridgehead atoms. The standard InChI is InChI=1S/C13H20N2O3S/c1-10(15-12-5-7-18-8-6-12)11-3-2-4-13(9-11)19(14,16)17/h2-4,9-10,12,15H,5-8H2,1H3,(H2,14,16,17). The van der Waals surface area contributed by atoms with E-state index in [1.807, 2.05) is 13.0 Å². The maximum absolute atomic E-state index is 11.3. The Hall–Kier alpha value is -0.950. The van der Waals surface area contributed by atoms with Crippen molar-refractivity contribution in [3.05, 3.63) is 29.8 Å². The quantitative estimate of drug-likeness (QED) is 0.869. The zero-order chi connectivity index (χ0) is 13.9. The number of nitrogens with two attached hydrogens (primary N) is 1. The predicted octanol–water partition coefficient (Wildman–Crippen LogP) is 1.16. The summed E-state index contributed by atoms with van der Waals surface area (Å²) in [4.78, 5) is 0.158. The molecule has 1 fully saturated rings. The fourth-order valence-corrected chi connectivity index (χ4v) is 2.84. The first kappa shape index (κ1) is 14.5. The summed E-state index contributed by atoms with van der Waals surface area (Å²) in [7, 11) is -3.64. The van der Waals surface area contributed by atoms with Crippen molar-refractivity contribution < 1.29 is 13.2 Å². The van der Waals surface area contributed by atoms with Crippen molar-refractivity contribution >= 4 is 10.0 Å². The summed E-state index contributed by atoms with van der Waals surface area (Å²) in [5.74, 6) is 0. The second-order valence-electron chi connectivity index (χ2n) is 4.89. The zero-order valence-corrected chi connectivity index (χ0v) is 11.8. The van der Waals surface area contributed by atoms with Crippen molar-refractivity contribution in [1.29, 1.82) is 0 Å². The average molecular weight is 284 g/mol. The van der Waals surface area contributed by atoms with E-state index in [1.165, 1.54) is 6.07 Å². The van der Waals surface area contributed by atoms with Crippen LogP contribution in [0, 0.1) is 0 Å². The highest BCUT2D eigenvalue weighted by Gasteiger charge is 2.17. The summed E-state index contributed by atoms with van der Waals surface area (Å²) in [6, 6.07) is 7.28. The number of ether oxygens (including phenoxy) is 1. The molecule has 1 heterocycles. The summed E-state index contributed by atoms with van der Waals surface area (Å²) in [6.07, 6.45) is 1.97. The molecule has 106 valence electrons. The topological polar surface area (TPSA) is 81.4 Å². The maximum Gasteiger partial charge on any atom is 0.238 e. The largest absolute Gasteiger partial charge is 0.381 e. The van der Waals surface area contributed by atoms with Gasteiger partial charge >= 0.3 is 0 Å². The fourth-order valence-electron chi connectivity index (χ4n) is 2.27. The van der Waals surface area contributed by atoms with Gasteiger partial charge < -0.3 is 10.1 Å². The summed E-state index contributed by atoms with van der Waals surface area (Å²) < 4.78 is 28.0. The molecule has 1 aliphatic rings. The van der Waals surface area contributed by atoms with Gasteiger partial charge in [0.25, 0.3) is 0 Å². The van der Waals surface area contributed by atoms with E-state index in [4.69, 9.17) is 9.88 Å². The molecule has 19 heavy (non-hydrogen) atoms. The van der Waals surface area contributed by atoms with Gasteiger partial charge in [-0.3, -0.25) is 0 Å². The van der Waals surface area contributed by atoms with Crippen LogP contribution in [-0.4, -0.2) is 27.7 Å². The summed E-state index contributed by atoms with van der Waals surface area (Å²) in [5, 5.41) is 8.64. The van der Waals surface area contributed by atoms with Crippen LogP contribution in [0.15, 0.2) is 29.2 Å². The van der Waals surface area contributed by atoms with E-state index in [-0.39, 0.29) is 10.9 Å². The Morgan fingerprint density at radius 2 is 2.05 bits per heavy atom. The molecular formula is C13H20N2O3S. The van der Waals surface area contributed by atoms with Crippen LogP contribution >= 0.6 is 0 Å². The molecule has 1 aromatic carbocycles. The van der Waals surface area contributed by atoms with E-state index in [0.29, 0.717) is 6.04 Å². The number of benzene rings is 1. The van der Waals surface area contributed by atoms with Crippen molar-refractivity contribution in [2.24, 2.45) is 5.14 Å². The molecule has 0 amide bonds. The first-order valence-corrected chi connectivity index (χ1v) is 7.98. The Kier molecular flexibility index (Phi) is 4.57. The summed E-state index contributed by atoms with van der Waals surface area (Å²) in [6.45, 7) is 3.58. The van der Waals surface area contributed by atoms with Gasteiger partial charge in [-0.05, 0) is 37.5 Å². The Balaban J connectivity index is 2.08. The summed E-state index contributed by atoms with van der Waals surface area (Å²) in [5.41, 5.74) is 0.929. The van der Waals surface area contributed by atoms with Crippen molar-refractivity contribution in [3.63, 3.8) is 0 Å². The number of rotatable bonds is 4. The van der Waals surface area contributed by atoms with Crippen LogP contribution in [0.5, 0.6) is 0 Å². The molecule has 0 radical (unpaired) electrons. The third-order valence-electron chi connectivity index (χ3n) is 3.39. The van der Waals surface area contributed by atoms with Gasteiger partial charge in [-0.2, -0.15) is 0 Å². The molecule has 0 spiro atoms. The number of nitrogens with one attached hydrogen (secondary N) is 1. The first-order chi connectivity index (χ1) is 8.97. The Bertz CT molecular complexity index is 524. The fraction of sp³-hybridized carbons (Fsp3) is 0.538. The van der Waals surface area contributed by atoms with Crippen LogP contribution in [0.3, 0.4) is 0 Å². The van der Waals surface area contributed by atoms with E-state index < -0.39 is 10.0 Å². The molecule has 1 unspecified atom stereocenters. The van der Waals surface area contributed by atoms with Crippen molar-refractivity contribution in [2.75, 3.05) is 13.2 Å². The molecule has 2 rings (SSSR count). The summed E-state index contributed by atoms with van der Waals surface area (Å²) >= 11 is 0. The third kappa shape index (κ3) is 4.01. The van der Waals surface area contributed by atoms with Gasteiger partial charge in [0.2, 0.25) is 10.0 Å². The zero-order valence-electron chi connectivity index (χ0n) is 11.0. The van der Waals surface area contributed by atoms with E-state index in [1.54, 1.807) is 12.1 Å². The molecule has 1 atom stereocenters. The lowest BCUT2D eigenvalue weighted by molar-refractivity contribution is 0.0754. The van der Waals surface area contributed by atoms with Crippen LogP contribution in [-0.2, 0) is 14.8 Å². The van der Waals surface area contributed by atoms with Crippen molar-refractivity contribution in [1.82, 2.24) is 5.32 Å². The van der Waals surface area contributed by atoms with Gasteiger partial charge in [0.15, 0.2) is 0 Å². The van der Waals surface area contributed by atoms with E-state index >= 15 is 0 Å². The molecule has 1 aliphatic heterocycles. The number of primary sulfonamides is 1. The van der Waals surface area contributed by atoms with E-state index in [2.05, 4.69) is 5.32 Å². The molecule has 3 N–H and O–H groups in total. The van der Waals surface area contributed by atoms with Crippen molar-refractivity contribution in [2.45, 2.75) is 36.7 Å². The maximum atomic E-state index is 11.3. The molecule has 1 aromatic rings. The van der Waals surface area contributed by atoms with Crippen LogP contribution < -0.4 is 10.5 Å². The second kappa shape index (κ2) is 6.00. The van der Waals surface area contributed by atoms with Crippen LogP contribution in [0.2, 0.25) is 0 Å². The molecular weight excluding hydrogens is 264 g/mol. The van der Waals surface area contributed by atoms with Gasteiger partial charge in [-0.1, -0.05) is 12.1 Å². The monoisotopic (exact) mass is 284 g/mol. The van der Waals surface area contributed by atoms with Gasteiger partial charge in [0.05, 0.1) is 4.90 Å². The highest BCUT2D eigenvalue weighted by molar-refractivity contribution is 7.89. The number of hydrogen-bond acceptors (Lipinski definition) is 4. The Labute approximate surface area is 114 Å². The molecule has 0 saturated carbocycles. The second-order valence-corrected chi connectivity index (χ2v) is 6.45. The highest BCUT2D eigenvalue weighted by Crippen LogP contribution is 2.19. The average Bonchev–Trinajstić information content (AvgIpc) is 2.39. The predicted molar refractivity (Wildman–Crippen MR) is 73.2 cm³/mol. The SMILES string of the molecule is CC(NC1CCOCC1)c1cccc(S(N)(=O)=O)c1. The molecule has 1 saturated heterocycles. The smallest absolute Gasteiger partial charge is 0.238 e. The Morgan fingerprint density at radius 1 is 1.37 bits per heavy atom. The molecule has 0 aliphatic carbocycles. The van der Waals surface area contributed by atoms with E-state index in [0.717, 1.165) is 31.6 Å². The number of hydrogen-bond donors (Lipinski definition) is 2. The van der Waals surface area contributed by atoms with Crippen LogP contribution in [0.25, 0.3) is 0 Å². The van der Waals surface area contributed by atoms with Gasteiger partial charge in [0.1, 0.15) is 0 Å². The van der Waals surface area contributed by atoms with Gasteiger partial charge in [-0.15, -0.1) is 0 Å². The molecule has 0 aromatic heterocycles. The minimum Gasteiger partial charge on any atom is -0.381 e. The lowest BCUT2D eigenvalue weighted by atomic mass is 10.0. The van der Waals surface area contributed by atoms with Crippen LogP contribution in [0.1, 0.15) is 31.4 Å². The van der Waals surface area contributed by atoms with Crippen molar-refractivity contribution in [3.8, 4) is 0 Å². The molecule has 5 nitrogen and oxygen atoms in total. The first-order valence-electron chi connectivity index (χ1n) is 6.43.